The normalized spacial score (nSPS) is 9.81. The lowest BCUT2D eigenvalue weighted by Crippen LogP contribution is -2.41. The molecule has 6 nitrogen and oxygen atoms in total. The van der Waals surface area contributed by atoms with Crippen LogP contribution >= 0.6 is 0 Å². The number of hydrogen-bond donors (Lipinski definition) is 2. The Kier molecular flexibility index (Phi) is 6.73. The molecule has 0 aliphatic heterocycles. The van der Waals surface area contributed by atoms with Crippen LogP contribution in [0.5, 0.6) is 0 Å². The largest absolute Gasteiger partial charge is 0.343 e. The van der Waals surface area contributed by atoms with Gasteiger partial charge in [0.2, 0.25) is 11.8 Å². The first-order chi connectivity index (χ1) is 12.9. The molecule has 0 bridgehead atoms. The monoisotopic (exact) mass is 363 g/mol. The fourth-order valence-corrected chi connectivity index (χ4v) is 2.40. The molecule has 0 heterocycles. The number of nitrogens with zero attached hydrogens (tertiary/aromatic N) is 1. The lowest BCUT2D eigenvalue weighted by Gasteiger charge is -2.17. The van der Waals surface area contributed by atoms with Crippen molar-refractivity contribution in [3.05, 3.63) is 65.2 Å². The summed E-state index contributed by atoms with van der Waals surface area (Å²) in [5.74, 6) is 1.43. The van der Waals surface area contributed by atoms with Crippen molar-refractivity contribution in [2.75, 3.05) is 25.5 Å². The number of aryl methyl sites for hydroxylation is 1. The van der Waals surface area contributed by atoms with E-state index < -0.39 is 0 Å². The van der Waals surface area contributed by atoms with Gasteiger partial charge < -0.3 is 15.5 Å². The molecule has 2 rings (SSSR count). The molecule has 0 fully saturated rings. The number of likely N-dealkylation sites (N-methyl/N-ethyl adjacent to an activating group) is 1. The molecule has 0 atom stereocenters. The maximum absolute atomic E-state index is 12.2. The second-order valence-corrected chi connectivity index (χ2v) is 6.02. The van der Waals surface area contributed by atoms with Gasteiger partial charge in [0.25, 0.3) is 5.91 Å². The van der Waals surface area contributed by atoms with Crippen LogP contribution in [0.15, 0.2) is 48.5 Å². The number of anilines is 1. The third-order valence-electron chi connectivity index (χ3n) is 3.91. The van der Waals surface area contributed by atoms with E-state index in [-0.39, 0.29) is 30.8 Å². The molecule has 2 aromatic rings. The molecule has 0 unspecified atom stereocenters. The number of terminal acetylenes is 1. The highest BCUT2D eigenvalue weighted by molar-refractivity contribution is 5.98. The van der Waals surface area contributed by atoms with Gasteiger partial charge in [-0.25, -0.2) is 0 Å². The van der Waals surface area contributed by atoms with Crippen LogP contribution < -0.4 is 10.6 Å². The summed E-state index contributed by atoms with van der Waals surface area (Å²) in [4.78, 5) is 37.6. The summed E-state index contributed by atoms with van der Waals surface area (Å²) in [6, 6.07) is 14.0. The molecule has 0 spiro atoms. The fourth-order valence-electron chi connectivity index (χ4n) is 2.40. The van der Waals surface area contributed by atoms with Crippen LogP contribution in [0.4, 0.5) is 5.69 Å². The molecule has 138 valence electrons. The van der Waals surface area contributed by atoms with Gasteiger partial charge in [-0.2, -0.15) is 0 Å². The van der Waals surface area contributed by atoms with Crippen LogP contribution in [-0.2, 0) is 9.59 Å². The van der Waals surface area contributed by atoms with Gasteiger partial charge in [0.1, 0.15) is 0 Å². The Morgan fingerprint density at radius 1 is 1.11 bits per heavy atom. The molecule has 6 heteroatoms. The third kappa shape index (κ3) is 5.72. The van der Waals surface area contributed by atoms with Crippen LogP contribution in [-0.4, -0.2) is 42.8 Å². The second kappa shape index (κ2) is 9.20. The summed E-state index contributed by atoms with van der Waals surface area (Å²) >= 11 is 0. The zero-order valence-electron chi connectivity index (χ0n) is 15.3. The summed E-state index contributed by atoms with van der Waals surface area (Å²) in [5.41, 5.74) is 2.55. The van der Waals surface area contributed by atoms with Crippen molar-refractivity contribution in [2.24, 2.45) is 0 Å². The first kappa shape index (κ1) is 19.7. The minimum atomic E-state index is -0.371. The predicted octanol–water partition coefficient (Wildman–Crippen LogP) is 1.80. The molecule has 3 amide bonds. The summed E-state index contributed by atoms with van der Waals surface area (Å²) in [6.45, 7) is 1.49. The summed E-state index contributed by atoms with van der Waals surface area (Å²) in [5, 5.41) is 5.26. The van der Waals surface area contributed by atoms with Crippen molar-refractivity contribution in [2.45, 2.75) is 6.92 Å². The minimum absolute atomic E-state index is 0.140. The number of nitrogens with one attached hydrogen (secondary N) is 2. The Morgan fingerprint density at radius 2 is 1.85 bits per heavy atom. The molecule has 2 N–H and O–H groups in total. The van der Waals surface area contributed by atoms with Crippen molar-refractivity contribution >= 4 is 23.4 Å². The maximum atomic E-state index is 12.2. The molecule has 0 aliphatic carbocycles. The van der Waals surface area contributed by atoms with Crippen LogP contribution in [0.2, 0.25) is 0 Å². The molecule has 0 saturated heterocycles. The number of carbonyl (C=O) groups is 3. The highest BCUT2D eigenvalue weighted by atomic mass is 16.2. The molecule has 27 heavy (non-hydrogen) atoms. The molecule has 0 saturated carbocycles. The smallest absolute Gasteiger partial charge is 0.251 e. The Morgan fingerprint density at radius 3 is 2.56 bits per heavy atom. The molecular weight excluding hydrogens is 342 g/mol. The number of benzene rings is 2. The van der Waals surface area contributed by atoms with Crippen LogP contribution in [0.25, 0.3) is 0 Å². The van der Waals surface area contributed by atoms with Crippen molar-refractivity contribution < 1.29 is 14.4 Å². The van der Waals surface area contributed by atoms with Crippen LogP contribution in [0.3, 0.4) is 0 Å². The predicted molar refractivity (Wildman–Crippen MR) is 104 cm³/mol. The van der Waals surface area contributed by atoms with Gasteiger partial charge in [-0.05, 0) is 36.8 Å². The van der Waals surface area contributed by atoms with E-state index in [0.717, 1.165) is 5.56 Å². The highest BCUT2D eigenvalue weighted by Gasteiger charge is 2.15. The van der Waals surface area contributed by atoms with Crippen molar-refractivity contribution in [3.8, 4) is 12.3 Å². The molecule has 2 aromatic carbocycles. The van der Waals surface area contributed by atoms with Crippen molar-refractivity contribution in [1.82, 2.24) is 10.2 Å². The fraction of sp³-hybridized carbons (Fsp3) is 0.190. The van der Waals surface area contributed by atoms with E-state index in [2.05, 4.69) is 16.6 Å². The number of hydrogen-bond acceptors (Lipinski definition) is 3. The Balaban J connectivity index is 1.84. The van der Waals surface area contributed by atoms with Gasteiger partial charge in [-0.1, -0.05) is 30.2 Å². The Labute approximate surface area is 158 Å². The van der Waals surface area contributed by atoms with E-state index in [1.54, 1.807) is 36.4 Å². The van der Waals surface area contributed by atoms with Gasteiger partial charge >= 0.3 is 0 Å². The van der Waals surface area contributed by atoms with Crippen molar-refractivity contribution in [3.63, 3.8) is 0 Å². The summed E-state index contributed by atoms with van der Waals surface area (Å²) < 4.78 is 0. The van der Waals surface area contributed by atoms with Gasteiger partial charge in [0.05, 0.1) is 13.1 Å². The maximum Gasteiger partial charge on any atom is 0.251 e. The lowest BCUT2D eigenvalue weighted by atomic mass is 10.1. The number of amides is 3. The average molecular weight is 363 g/mol. The molecule has 0 aliphatic rings. The summed E-state index contributed by atoms with van der Waals surface area (Å²) in [7, 11) is 1.50. The van der Waals surface area contributed by atoms with E-state index in [4.69, 9.17) is 6.42 Å². The van der Waals surface area contributed by atoms with Crippen LogP contribution in [0, 0.1) is 19.3 Å². The van der Waals surface area contributed by atoms with E-state index in [9.17, 15) is 14.4 Å². The second-order valence-electron chi connectivity index (χ2n) is 6.02. The first-order valence-electron chi connectivity index (χ1n) is 8.35. The number of rotatable bonds is 6. The van der Waals surface area contributed by atoms with Gasteiger partial charge in [-0.3, -0.25) is 14.4 Å². The first-order valence-corrected chi connectivity index (χ1v) is 8.35. The van der Waals surface area contributed by atoms with E-state index in [0.29, 0.717) is 16.8 Å². The van der Waals surface area contributed by atoms with Gasteiger partial charge in [-0.15, -0.1) is 6.42 Å². The number of carbonyl (C=O) groups excluding carboxylic acids is 3. The quantitative estimate of drug-likeness (QED) is 0.768. The van der Waals surface area contributed by atoms with Crippen molar-refractivity contribution in [1.29, 1.82) is 0 Å². The van der Waals surface area contributed by atoms with Crippen LogP contribution in [0.1, 0.15) is 21.5 Å². The standard InChI is InChI=1S/C21H21N3O3/c1-4-16-9-7-10-17(12-16)23-19(25)14-24(3)20(26)13-22-21(27)18-11-6-5-8-15(18)2/h1,5-12H,13-14H2,2-3H3,(H,22,27)(H,23,25). The van der Waals surface area contributed by atoms with E-state index in [1.165, 1.54) is 11.9 Å². The lowest BCUT2D eigenvalue weighted by molar-refractivity contribution is -0.132. The third-order valence-corrected chi connectivity index (χ3v) is 3.91. The zero-order chi connectivity index (χ0) is 19.8. The SMILES string of the molecule is C#Cc1cccc(NC(=O)CN(C)C(=O)CNC(=O)c2ccccc2C)c1. The minimum Gasteiger partial charge on any atom is -0.343 e. The topological polar surface area (TPSA) is 78.5 Å². The molecule has 0 aromatic heterocycles. The Hall–Kier alpha value is -3.59. The average Bonchev–Trinajstić information content (AvgIpc) is 2.66. The Bertz CT molecular complexity index is 900. The van der Waals surface area contributed by atoms with Gasteiger partial charge in [0.15, 0.2) is 0 Å². The highest BCUT2D eigenvalue weighted by Crippen LogP contribution is 2.09. The van der Waals surface area contributed by atoms with E-state index in [1.807, 2.05) is 19.1 Å². The van der Waals surface area contributed by atoms with E-state index >= 15 is 0 Å². The zero-order valence-corrected chi connectivity index (χ0v) is 15.3. The summed E-state index contributed by atoms with van der Waals surface area (Å²) in [6.07, 6.45) is 5.33. The molecular formula is C21H21N3O3. The molecule has 0 radical (unpaired) electrons. The van der Waals surface area contributed by atoms with Gasteiger partial charge in [0, 0.05) is 23.9 Å².